The average Bonchev–Trinajstić information content (AvgIpc) is 2.47. The maximum Gasteiger partial charge on any atom is 0.0202 e. The van der Waals surface area contributed by atoms with Crippen molar-refractivity contribution in [3.63, 3.8) is 0 Å². The van der Waals surface area contributed by atoms with E-state index in [4.69, 9.17) is 0 Å². The van der Waals surface area contributed by atoms with E-state index in [-0.39, 0.29) is 0 Å². The van der Waals surface area contributed by atoms with Crippen LogP contribution in [0.25, 0.3) is 6.08 Å². The predicted octanol–water partition coefficient (Wildman–Crippen LogP) is 5.06. The topological polar surface area (TPSA) is 0 Å². The standard InChI is InChI=1S/C18H20S/c1-16(12-13-17-8-4-2-5-9-17)19-15-14-18-10-6-3-7-11-18/h2-13,16H,14-15H2,1H3/b13-12+. The van der Waals surface area contributed by atoms with E-state index in [0.717, 1.165) is 6.42 Å². The lowest BCUT2D eigenvalue weighted by Gasteiger charge is -2.06. The quantitative estimate of drug-likeness (QED) is 0.705. The van der Waals surface area contributed by atoms with Gasteiger partial charge in [0.25, 0.3) is 0 Å². The van der Waals surface area contributed by atoms with Crippen LogP contribution in [0.1, 0.15) is 18.1 Å². The highest BCUT2D eigenvalue weighted by molar-refractivity contribution is 8.00. The van der Waals surface area contributed by atoms with Crippen molar-refractivity contribution in [1.29, 1.82) is 0 Å². The normalized spacial score (nSPS) is 12.7. The molecular weight excluding hydrogens is 248 g/mol. The second-order valence-electron chi connectivity index (χ2n) is 4.58. The van der Waals surface area contributed by atoms with Gasteiger partial charge in [-0.15, -0.1) is 0 Å². The minimum atomic E-state index is 0.559. The summed E-state index contributed by atoms with van der Waals surface area (Å²) in [5.41, 5.74) is 2.70. The Kier molecular flexibility index (Phi) is 5.77. The molecule has 0 nitrogen and oxygen atoms in total. The van der Waals surface area contributed by atoms with Gasteiger partial charge >= 0.3 is 0 Å². The molecule has 0 heterocycles. The Balaban J connectivity index is 1.73. The van der Waals surface area contributed by atoms with Crippen LogP contribution < -0.4 is 0 Å². The number of thioether (sulfide) groups is 1. The van der Waals surface area contributed by atoms with E-state index in [1.54, 1.807) is 0 Å². The van der Waals surface area contributed by atoms with Crippen LogP contribution >= 0.6 is 11.8 Å². The Hall–Kier alpha value is -1.47. The highest BCUT2D eigenvalue weighted by Gasteiger charge is 1.98. The Labute approximate surface area is 120 Å². The molecule has 98 valence electrons. The number of hydrogen-bond donors (Lipinski definition) is 0. The van der Waals surface area contributed by atoms with Crippen LogP contribution in [0.15, 0.2) is 66.7 Å². The summed E-state index contributed by atoms with van der Waals surface area (Å²) in [5, 5.41) is 0.559. The van der Waals surface area contributed by atoms with Gasteiger partial charge in [-0.25, -0.2) is 0 Å². The smallest absolute Gasteiger partial charge is 0.0202 e. The molecule has 19 heavy (non-hydrogen) atoms. The summed E-state index contributed by atoms with van der Waals surface area (Å²) >= 11 is 2.00. The fourth-order valence-corrected chi connectivity index (χ4v) is 2.79. The molecule has 1 heteroatoms. The lowest BCUT2D eigenvalue weighted by atomic mass is 10.2. The zero-order valence-corrected chi connectivity index (χ0v) is 12.1. The van der Waals surface area contributed by atoms with Crippen LogP contribution in [0.2, 0.25) is 0 Å². The molecule has 0 radical (unpaired) electrons. The van der Waals surface area contributed by atoms with E-state index in [0.29, 0.717) is 5.25 Å². The van der Waals surface area contributed by atoms with Gasteiger partial charge in [-0.2, -0.15) is 11.8 Å². The summed E-state index contributed by atoms with van der Waals surface area (Å²) < 4.78 is 0. The average molecular weight is 268 g/mol. The Bertz CT molecular complexity index is 488. The first-order chi connectivity index (χ1) is 9.34. The van der Waals surface area contributed by atoms with E-state index in [9.17, 15) is 0 Å². The van der Waals surface area contributed by atoms with Crippen LogP contribution in [0, 0.1) is 0 Å². The molecule has 0 amide bonds. The first kappa shape index (κ1) is 14.0. The van der Waals surface area contributed by atoms with Gasteiger partial charge in [0.05, 0.1) is 0 Å². The van der Waals surface area contributed by atoms with Gasteiger partial charge in [0, 0.05) is 5.25 Å². The predicted molar refractivity (Wildman–Crippen MR) is 87.5 cm³/mol. The fraction of sp³-hybridized carbons (Fsp3) is 0.222. The van der Waals surface area contributed by atoms with Crippen molar-refractivity contribution >= 4 is 17.8 Å². The molecule has 1 atom stereocenters. The van der Waals surface area contributed by atoms with Crippen molar-refractivity contribution in [2.45, 2.75) is 18.6 Å². The van der Waals surface area contributed by atoms with Crippen molar-refractivity contribution in [2.75, 3.05) is 5.75 Å². The van der Waals surface area contributed by atoms with E-state index >= 15 is 0 Å². The third-order valence-corrected chi connectivity index (χ3v) is 4.10. The van der Waals surface area contributed by atoms with Gasteiger partial charge in [0.2, 0.25) is 0 Å². The molecule has 0 aliphatic heterocycles. The molecule has 0 aliphatic carbocycles. The molecule has 0 saturated heterocycles. The molecule has 0 bridgehead atoms. The number of rotatable bonds is 6. The van der Waals surface area contributed by atoms with Crippen molar-refractivity contribution in [2.24, 2.45) is 0 Å². The minimum absolute atomic E-state index is 0.559. The number of aryl methyl sites for hydroxylation is 1. The van der Waals surface area contributed by atoms with E-state index < -0.39 is 0 Å². The second-order valence-corrected chi connectivity index (χ2v) is 6.07. The monoisotopic (exact) mass is 268 g/mol. The molecule has 0 saturated carbocycles. The van der Waals surface area contributed by atoms with Gasteiger partial charge in [-0.3, -0.25) is 0 Å². The van der Waals surface area contributed by atoms with Crippen molar-refractivity contribution < 1.29 is 0 Å². The summed E-state index contributed by atoms with van der Waals surface area (Å²) in [6.45, 7) is 2.26. The Morgan fingerprint density at radius 2 is 1.58 bits per heavy atom. The molecule has 1 unspecified atom stereocenters. The van der Waals surface area contributed by atoms with Gasteiger partial charge < -0.3 is 0 Å². The first-order valence-corrected chi connectivity index (χ1v) is 7.78. The highest BCUT2D eigenvalue weighted by Crippen LogP contribution is 2.15. The highest BCUT2D eigenvalue weighted by atomic mass is 32.2. The Morgan fingerprint density at radius 1 is 0.947 bits per heavy atom. The molecule has 2 aromatic rings. The lowest BCUT2D eigenvalue weighted by Crippen LogP contribution is -1.95. The van der Waals surface area contributed by atoms with E-state index in [2.05, 4.69) is 79.7 Å². The maximum absolute atomic E-state index is 2.28. The van der Waals surface area contributed by atoms with Crippen LogP contribution in [-0.2, 0) is 6.42 Å². The number of hydrogen-bond acceptors (Lipinski definition) is 1. The van der Waals surface area contributed by atoms with E-state index in [1.807, 2.05) is 11.8 Å². The fourth-order valence-electron chi connectivity index (χ4n) is 1.87. The summed E-state index contributed by atoms with van der Waals surface area (Å²) in [6, 6.07) is 21.2. The van der Waals surface area contributed by atoms with Crippen molar-refractivity contribution in [1.82, 2.24) is 0 Å². The SMILES string of the molecule is CC(/C=C/c1ccccc1)SCCc1ccccc1. The van der Waals surface area contributed by atoms with E-state index in [1.165, 1.54) is 16.9 Å². The van der Waals surface area contributed by atoms with Crippen LogP contribution in [0.4, 0.5) is 0 Å². The summed E-state index contributed by atoms with van der Waals surface area (Å²) in [6.07, 6.45) is 5.64. The molecule has 0 fully saturated rings. The first-order valence-electron chi connectivity index (χ1n) is 6.73. The minimum Gasteiger partial charge on any atom is -0.154 e. The molecule has 0 aliphatic rings. The lowest BCUT2D eigenvalue weighted by molar-refractivity contribution is 1.14. The van der Waals surface area contributed by atoms with Crippen LogP contribution in [0.3, 0.4) is 0 Å². The molecule has 0 spiro atoms. The molecule has 2 rings (SSSR count). The summed E-state index contributed by atoms with van der Waals surface area (Å²) in [7, 11) is 0. The largest absolute Gasteiger partial charge is 0.154 e. The zero-order valence-electron chi connectivity index (χ0n) is 11.3. The number of benzene rings is 2. The van der Waals surface area contributed by atoms with Gasteiger partial charge in [-0.05, 0) is 30.2 Å². The zero-order chi connectivity index (χ0) is 13.3. The molecule has 2 aromatic carbocycles. The Morgan fingerprint density at radius 3 is 2.26 bits per heavy atom. The summed E-state index contributed by atoms with van der Waals surface area (Å²) in [4.78, 5) is 0. The third kappa shape index (κ3) is 5.35. The summed E-state index contributed by atoms with van der Waals surface area (Å²) in [5.74, 6) is 1.17. The van der Waals surface area contributed by atoms with Crippen LogP contribution in [0.5, 0.6) is 0 Å². The van der Waals surface area contributed by atoms with Crippen molar-refractivity contribution in [3.05, 3.63) is 77.9 Å². The van der Waals surface area contributed by atoms with Gasteiger partial charge in [0.1, 0.15) is 0 Å². The molecular formula is C18H20S. The third-order valence-electron chi connectivity index (χ3n) is 2.97. The van der Waals surface area contributed by atoms with Gasteiger partial charge in [-0.1, -0.05) is 72.8 Å². The second kappa shape index (κ2) is 7.85. The van der Waals surface area contributed by atoms with Crippen molar-refractivity contribution in [3.8, 4) is 0 Å². The molecule has 0 aromatic heterocycles. The van der Waals surface area contributed by atoms with Gasteiger partial charge in [0.15, 0.2) is 0 Å². The molecule has 0 N–H and O–H groups in total. The maximum atomic E-state index is 2.28. The van der Waals surface area contributed by atoms with Crippen LogP contribution in [-0.4, -0.2) is 11.0 Å².